The fraction of sp³-hybridized carbons (Fsp3) is 0.120. The average Bonchev–Trinajstić information content (AvgIpc) is 2.88. The van der Waals surface area contributed by atoms with Crippen LogP contribution in [-0.2, 0) is 0 Å². The molecule has 0 saturated carbocycles. The minimum Gasteiger partial charge on any atom is -0.497 e. The van der Waals surface area contributed by atoms with Gasteiger partial charge in [-0.15, -0.1) is 0 Å². The highest BCUT2D eigenvalue weighted by Crippen LogP contribution is 2.15. The predicted octanol–water partition coefficient (Wildman–Crippen LogP) is 3.24. The summed E-state index contributed by atoms with van der Waals surface area (Å²) >= 11 is 0. The van der Waals surface area contributed by atoms with Gasteiger partial charge in [0.15, 0.2) is 0 Å². The van der Waals surface area contributed by atoms with E-state index in [1.807, 2.05) is 0 Å². The minimum atomic E-state index is -0.357. The maximum atomic E-state index is 12.2. The molecule has 0 atom stereocenters. The number of nitrogens with one attached hydrogen (secondary N) is 2. The van der Waals surface area contributed by atoms with Gasteiger partial charge >= 0.3 is 0 Å². The highest BCUT2D eigenvalue weighted by Gasteiger charge is 2.06. The van der Waals surface area contributed by atoms with E-state index in [2.05, 4.69) is 21.1 Å². The standard InChI is InChI=1S/C25H24N4O5/c1-32-21-8-4-19(5-9-21)24(30)28-26-15-17-12-18(14-23(13-17)34-3)16-27-29-25(31)20-6-10-22(33-2)11-7-20/h4-16H,1-3H3,(H,28,30)(H,29,31)/b26-15+,27-16+. The Bertz CT molecular complexity index is 1100. The number of hydrazone groups is 2. The van der Waals surface area contributed by atoms with Crippen LogP contribution < -0.4 is 25.1 Å². The molecule has 0 fully saturated rings. The summed E-state index contributed by atoms with van der Waals surface area (Å²) in [5, 5.41) is 8.01. The van der Waals surface area contributed by atoms with Crippen LogP contribution in [0.1, 0.15) is 31.8 Å². The highest BCUT2D eigenvalue weighted by molar-refractivity contribution is 5.96. The molecule has 3 rings (SSSR count). The second-order valence-corrected chi connectivity index (χ2v) is 6.89. The van der Waals surface area contributed by atoms with E-state index in [0.29, 0.717) is 39.5 Å². The first-order chi connectivity index (χ1) is 16.5. The molecule has 2 amide bonds. The Kier molecular flexibility index (Phi) is 8.34. The first-order valence-electron chi connectivity index (χ1n) is 10.2. The zero-order chi connectivity index (χ0) is 24.3. The van der Waals surface area contributed by atoms with Crippen molar-refractivity contribution in [2.24, 2.45) is 10.2 Å². The molecular formula is C25H24N4O5. The molecule has 0 radical (unpaired) electrons. The molecule has 3 aromatic rings. The second-order valence-electron chi connectivity index (χ2n) is 6.89. The molecule has 0 aliphatic carbocycles. The molecule has 0 aromatic heterocycles. The van der Waals surface area contributed by atoms with E-state index in [1.54, 1.807) is 80.9 Å². The van der Waals surface area contributed by atoms with Gasteiger partial charge in [-0.3, -0.25) is 9.59 Å². The molecule has 174 valence electrons. The molecule has 9 heteroatoms. The van der Waals surface area contributed by atoms with Gasteiger partial charge < -0.3 is 14.2 Å². The van der Waals surface area contributed by atoms with Gasteiger partial charge in [-0.05, 0) is 77.9 Å². The number of nitrogens with zero attached hydrogens (tertiary/aromatic N) is 2. The van der Waals surface area contributed by atoms with E-state index < -0.39 is 0 Å². The van der Waals surface area contributed by atoms with Gasteiger partial charge in [-0.1, -0.05) is 0 Å². The van der Waals surface area contributed by atoms with Gasteiger partial charge in [0.2, 0.25) is 0 Å². The number of carbonyl (C=O) groups is 2. The van der Waals surface area contributed by atoms with E-state index in [0.717, 1.165) is 0 Å². The van der Waals surface area contributed by atoms with Crippen LogP contribution in [0, 0.1) is 0 Å². The van der Waals surface area contributed by atoms with Crippen molar-refractivity contribution >= 4 is 24.2 Å². The zero-order valence-corrected chi connectivity index (χ0v) is 18.9. The molecule has 3 aromatic carbocycles. The number of amides is 2. The van der Waals surface area contributed by atoms with E-state index in [4.69, 9.17) is 14.2 Å². The Morgan fingerprint density at radius 1 is 0.618 bits per heavy atom. The highest BCUT2D eigenvalue weighted by atomic mass is 16.5. The summed E-state index contributed by atoms with van der Waals surface area (Å²) in [7, 11) is 4.65. The monoisotopic (exact) mass is 460 g/mol. The first-order valence-corrected chi connectivity index (χ1v) is 10.2. The van der Waals surface area contributed by atoms with Crippen LogP contribution in [0.3, 0.4) is 0 Å². The summed E-state index contributed by atoms with van der Waals surface area (Å²) in [6.07, 6.45) is 2.97. The number of rotatable bonds is 9. The summed E-state index contributed by atoms with van der Waals surface area (Å²) in [4.78, 5) is 24.4. The lowest BCUT2D eigenvalue weighted by Gasteiger charge is -2.05. The number of methoxy groups -OCH3 is 3. The molecule has 0 spiro atoms. The van der Waals surface area contributed by atoms with E-state index in [9.17, 15) is 9.59 Å². The van der Waals surface area contributed by atoms with Gasteiger partial charge in [0.05, 0.1) is 33.8 Å². The third-order valence-electron chi connectivity index (χ3n) is 4.65. The quantitative estimate of drug-likeness (QED) is 0.376. The van der Waals surface area contributed by atoms with E-state index in [-0.39, 0.29) is 11.8 Å². The van der Waals surface area contributed by atoms with Crippen LogP contribution in [0.2, 0.25) is 0 Å². The van der Waals surface area contributed by atoms with E-state index in [1.165, 1.54) is 19.5 Å². The smallest absolute Gasteiger partial charge is 0.271 e. The molecule has 0 saturated heterocycles. The molecule has 0 heterocycles. The molecular weight excluding hydrogens is 436 g/mol. The molecule has 9 nitrogen and oxygen atoms in total. The summed E-state index contributed by atoms with van der Waals surface area (Å²) in [5.41, 5.74) is 7.18. The normalized spacial score (nSPS) is 10.8. The first kappa shape index (κ1) is 24.0. The largest absolute Gasteiger partial charge is 0.497 e. The summed E-state index contributed by atoms with van der Waals surface area (Å²) in [5.74, 6) is 1.17. The van der Waals surface area contributed by atoms with Gasteiger partial charge in [-0.2, -0.15) is 10.2 Å². The van der Waals surface area contributed by atoms with E-state index >= 15 is 0 Å². The maximum Gasteiger partial charge on any atom is 0.271 e. The number of hydrogen-bond acceptors (Lipinski definition) is 7. The van der Waals surface area contributed by atoms with Crippen molar-refractivity contribution in [1.29, 1.82) is 0 Å². The number of hydrogen-bond donors (Lipinski definition) is 2. The summed E-state index contributed by atoms with van der Waals surface area (Å²) in [6.45, 7) is 0. The van der Waals surface area contributed by atoms with Crippen LogP contribution in [-0.4, -0.2) is 45.6 Å². The van der Waals surface area contributed by atoms with Crippen LogP contribution in [0.5, 0.6) is 17.2 Å². The van der Waals surface area contributed by atoms with Crippen molar-refractivity contribution in [3.8, 4) is 17.2 Å². The van der Waals surface area contributed by atoms with Crippen LogP contribution in [0.25, 0.3) is 0 Å². The Morgan fingerprint density at radius 3 is 1.35 bits per heavy atom. The second kappa shape index (κ2) is 11.8. The lowest BCUT2D eigenvalue weighted by atomic mass is 10.1. The number of carbonyl (C=O) groups excluding carboxylic acids is 2. The van der Waals surface area contributed by atoms with Gasteiger partial charge in [0.1, 0.15) is 17.2 Å². The fourth-order valence-corrected chi connectivity index (χ4v) is 2.86. The topological polar surface area (TPSA) is 111 Å². The SMILES string of the molecule is COc1ccc(C(=O)N/N=C/c2cc(/C=N/NC(=O)c3ccc(OC)cc3)cc(OC)c2)cc1. The van der Waals surface area contributed by atoms with Crippen LogP contribution in [0.4, 0.5) is 0 Å². The number of ether oxygens (including phenoxy) is 3. The zero-order valence-electron chi connectivity index (χ0n) is 18.9. The Balaban J connectivity index is 1.63. The van der Waals surface area contributed by atoms with Crippen LogP contribution >= 0.6 is 0 Å². The minimum absolute atomic E-state index is 0.357. The van der Waals surface area contributed by atoms with Crippen molar-refractivity contribution in [2.45, 2.75) is 0 Å². The summed E-state index contributed by atoms with van der Waals surface area (Å²) < 4.78 is 15.5. The Hall–Kier alpha value is -4.66. The maximum absolute atomic E-state index is 12.2. The fourth-order valence-electron chi connectivity index (χ4n) is 2.86. The number of benzene rings is 3. The van der Waals surface area contributed by atoms with Crippen molar-refractivity contribution in [3.63, 3.8) is 0 Å². The third-order valence-corrected chi connectivity index (χ3v) is 4.65. The lowest BCUT2D eigenvalue weighted by Crippen LogP contribution is -2.17. The molecule has 34 heavy (non-hydrogen) atoms. The van der Waals surface area contributed by atoms with Crippen molar-refractivity contribution in [1.82, 2.24) is 10.9 Å². The Labute approximate surface area is 197 Å². The predicted molar refractivity (Wildman–Crippen MR) is 129 cm³/mol. The third kappa shape index (κ3) is 6.67. The molecule has 0 aliphatic rings. The average molecular weight is 460 g/mol. The van der Waals surface area contributed by atoms with Crippen molar-refractivity contribution in [3.05, 3.63) is 89.0 Å². The molecule has 2 N–H and O–H groups in total. The molecule has 0 bridgehead atoms. The Morgan fingerprint density at radius 2 is 1.00 bits per heavy atom. The van der Waals surface area contributed by atoms with Crippen molar-refractivity contribution < 1.29 is 23.8 Å². The molecule has 0 aliphatic heterocycles. The van der Waals surface area contributed by atoms with Gasteiger partial charge in [-0.25, -0.2) is 10.9 Å². The van der Waals surface area contributed by atoms with Crippen molar-refractivity contribution in [2.75, 3.05) is 21.3 Å². The van der Waals surface area contributed by atoms with Gasteiger partial charge in [0, 0.05) is 11.1 Å². The molecule has 0 unspecified atom stereocenters. The summed E-state index contributed by atoms with van der Waals surface area (Å²) in [6, 6.07) is 18.6. The van der Waals surface area contributed by atoms with Gasteiger partial charge in [0.25, 0.3) is 11.8 Å². The lowest BCUT2D eigenvalue weighted by molar-refractivity contribution is 0.0947. The van der Waals surface area contributed by atoms with Crippen LogP contribution in [0.15, 0.2) is 76.9 Å².